The van der Waals surface area contributed by atoms with Crippen molar-refractivity contribution < 1.29 is 9.90 Å². The van der Waals surface area contributed by atoms with Crippen molar-refractivity contribution >= 4 is 17.5 Å². The van der Waals surface area contributed by atoms with E-state index < -0.39 is 0 Å². The Morgan fingerprint density at radius 2 is 2.21 bits per heavy atom. The predicted octanol–water partition coefficient (Wildman–Crippen LogP) is 1.13. The quantitative estimate of drug-likeness (QED) is 0.669. The number of likely N-dealkylation sites (tertiary alicyclic amines) is 1. The fourth-order valence-electron chi connectivity index (χ4n) is 2.46. The highest BCUT2D eigenvalue weighted by Crippen LogP contribution is 2.28. The van der Waals surface area contributed by atoms with E-state index >= 15 is 0 Å². The molecule has 3 atom stereocenters. The fourth-order valence-corrected chi connectivity index (χ4v) is 2.74. The van der Waals surface area contributed by atoms with Crippen molar-refractivity contribution in [1.82, 2.24) is 4.90 Å². The van der Waals surface area contributed by atoms with E-state index in [9.17, 15) is 9.90 Å². The highest BCUT2D eigenvalue weighted by atomic mass is 35.5. The highest BCUT2D eigenvalue weighted by molar-refractivity contribution is 6.22. The lowest BCUT2D eigenvalue weighted by molar-refractivity contribution is -0.130. The van der Waals surface area contributed by atoms with Gasteiger partial charge in [-0.05, 0) is 25.7 Å². The van der Waals surface area contributed by atoms with Gasteiger partial charge in [-0.1, -0.05) is 0 Å². The largest absolute Gasteiger partial charge is 0.393 e. The number of carbonyl (C=O) groups is 1. The van der Waals surface area contributed by atoms with Gasteiger partial charge >= 0.3 is 0 Å². The number of halogens is 1. The van der Waals surface area contributed by atoms with Crippen LogP contribution in [-0.2, 0) is 4.79 Å². The number of aliphatic hydroxyl groups excluding tert-OH is 1. The van der Waals surface area contributed by atoms with Gasteiger partial charge in [0, 0.05) is 19.0 Å². The molecule has 0 aromatic heterocycles. The van der Waals surface area contributed by atoms with Crippen LogP contribution in [0.25, 0.3) is 0 Å². The van der Waals surface area contributed by atoms with E-state index in [-0.39, 0.29) is 23.4 Å². The van der Waals surface area contributed by atoms with Gasteiger partial charge in [0.1, 0.15) is 0 Å². The molecular formula is C10H16ClNO2. The predicted molar refractivity (Wildman–Crippen MR) is 54.2 cm³/mol. The minimum absolute atomic E-state index is 0.0263. The Hall–Kier alpha value is -0.280. The van der Waals surface area contributed by atoms with Gasteiger partial charge in [0.2, 0.25) is 5.91 Å². The first-order valence-electron chi connectivity index (χ1n) is 5.28. The van der Waals surface area contributed by atoms with Gasteiger partial charge < -0.3 is 10.0 Å². The van der Waals surface area contributed by atoms with Crippen molar-refractivity contribution in [3.63, 3.8) is 0 Å². The van der Waals surface area contributed by atoms with Gasteiger partial charge in [0.25, 0.3) is 0 Å². The Morgan fingerprint density at radius 1 is 1.43 bits per heavy atom. The fraction of sp³-hybridized carbons (Fsp3) is 0.900. The Balaban J connectivity index is 1.97. The number of carbonyl (C=O) groups excluding carboxylic acids is 1. The lowest BCUT2D eigenvalue weighted by atomic mass is 9.92. The zero-order valence-electron chi connectivity index (χ0n) is 8.16. The zero-order valence-corrected chi connectivity index (χ0v) is 8.91. The van der Waals surface area contributed by atoms with Crippen molar-refractivity contribution in [2.75, 3.05) is 6.54 Å². The number of rotatable bonds is 1. The summed E-state index contributed by atoms with van der Waals surface area (Å²) in [6, 6.07) is 0.231. The summed E-state index contributed by atoms with van der Waals surface area (Å²) in [6.45, 7) is 0.664. The first-order chi connectivity index (χ1) is 6.66. The SMILES string of the molecule is O=C1CC(Cl)CN1C1CCCC(O)C1. The van der Waals surface area contributed by atoms with Crippen molar-refractivity contribution in [2.45, 2.75) is 49.6 Å². The van der Waals surface area contributed by atoms with Crippen LogP contribution >= 0.6 is 11.6 Å². The molecule has 1 heterocycles. The van der Waals surface area contributed by atoms with E-state index in [1.54, 1.807) is 0 Å². The molecular weight excluding hydrogens is 202 g/mol. The molecule has 1 N–H and O–H groups in total. The second-order valence-corrected chi connectivity index (χ2v) is 4.94. The Bertz CT molecular complexity index is 234. The van der Waals surface area contributed by atoms with Crippen LogP contribution in [0.1, 0.15) is 32.1 Å². The maximum atomic E-state index is 11.6. The van der Waals surface area contributed by atoms with E-state index in [1.807, 2.05) is 4.90 Å². The average molecular weight is 218 g/mol. The van der Waals surface area contributed by atoms with Gasteiger partial charge in [-0.2, -0.15) is 0 Å². The Morgan fingerprint density at radius 3 is 2.79 bits per heavy atom. The first kappa shape index (κ1) is 10.2. The molecule has 1 saturated carbocycles. The van der Waals surface area contributed by atoms with Crippen molar-refractivity contribution in [3.8, 4) is 0 Å². The number of nitrogens with zero attached hydrogens (tertiary/aromatic N) is 1. The molecule has 1 amide bonds. The summed E-state index contributed by atoms with van der Waals surface area (Å²) in [7, 11) is 0. The summed E-state index contributed by atoms with van der Waals surface area (Å²) in [5.74, 6) is 0.157. The van der Waals surface area contributed by atoms with Crippen LogP contribution in [0, 0.1) is 0 Å². The van der Waals surface area contributed by atoms with Crippen LogP contribution in [0.4, 0.5) is 0 Å². The maximum absolute atomic E-state index is 11.6. The number of hydrogen-bond acceptors (Lipinski definition) is 2. The molecule has 1 saturated heterocycles. The standard InChI is InChI=1S/C10H16ClNO2/c11-7-4-10(14)12(6-7)8-2-1-3-9(13)5-8/h7-9,13H,1-6H2. The first-order valence-corrected chi connectivity index (χ1v) is 5.72. The molecule has 0 aromatic carbocycles. The topological polar surface area (TPSA) is 40.5 Å². The number of alkyl halides is 1. The normalized spacial score (nSPS) is 39.1. The van der Waals surface area contributed by atoms with Gasteiger partial charge in [-0.15, -0.1) is 11.6 Å². The molecule has 2 aliphatic rings. The van der Waals surface area contributed by atoms with Crippen molar-refractivity contribution in [1.29, 1.82) is 0 Å². The van der Waals surface area contributed by atoms with Crippen molar-refractivity contribution in [2.24, 2.45) is 0 Å². The summed E-state index contributed by atoms with van der Waals surface area (Å²) < 4.78 is 0. The van der Waals surface area contributed by atoms with E-state index in [0.29, 0.717) is 13.0 Å². The molecule has 0 spiro atoms. The van der Waals surface area contributed by atoms with Crippen LogP contribution in [0.15, 0.2) is 0 Å². The summed E-state index contributed by atoms with van der Waals surface area (Å²) in [5.41, 5.74) is 0. The molecule has 3 nitrogen and oxygen atoms in total. The number of hydrogen-bond donors (Lipinski definition) is 1. The molecule has 0 radical (unpaired) electrons. The Kier molecular flexibility index (Phi) is 2.98. The van der Waals surface area contributed by atoms with E-state index in [1.165, 1.54) is 0 Å². The van der Waals surface area contributed by atoms with Gasteiger partial charge in [0.15, 0.2) is 0 Å². The lowest BCUT2D eigenvalue weighted by Crippen LogP contribution is -2.41. The third-order valence-electron chi connectivity index (χ3n) is 3.17. The van der Waals surface area contributed by atoms with Crippen LogP contribution in [0.5, 0.6) is 0 Å². The third-order valence-corrected chi connectivity index (χ3v) is 3.46. The van der Waals surface area contributed by atoms with E-state index in [2.05, 4.69) is 0 Å². The summed E-state index contributed by atoms with van der Waals surface area (Å²) in [6.07, 6.45) is 3.89. The van der Waals surface area contributed by atoms with E-state index in [4.69, 9.17) is 11.6 Å². The van der Waals surface area contributed by atoms with Gasteiger partial charge in [-0.25, -0.2) is 0 Å². The molecule has 14 heavy (non-hydrogen) atoms. The van der Waals surface area contributed by atoms with Crippen molar-refractivity contribution in [3.05, 3.63) is 0 Å². The third kappa shape index (κ3) is 2.04. The highest BCUT2D eigenvalue weighted by Gasteiger charge is 2.35. The molecule has 0 aromatic rings. The minimum Gasteiger partial charge on any atom is -0.393 e. The molecule has 1 aliphatic carbocycles. The molecule has 4 heteroatoms. The van der Waals surface area contributed by atoms with E-state index in [0.717, 1.165) is 25.7 Å². The van der Waals surface area contributed by atoms with Crippen LogP contribution < -0.4 is 0 Å². The summed E-state index contributed by atoms with van der Waals surface area (Å²) in [5, 5.41) is 9.49. The minimum atomic E-state index is -0.226. The zero-order chi connectivity index (χ0) is 10.1. The monoisotopic (exact) mass is 217 g/mol. The van der Waals surface area contributed by atoms with Gasteiger partial charge in [-0.3, -0.25) is 4.79 Å². The molecule has 1 aliphatic heterocycles. The molecule has 3 unspecified atom stereocenters. The molecule has 80 valence electrons. The summed E-state index contributed by atoms with van der Waals surface area (Å²) in [4.78, 5) is 13.4. The average Bonchev–Trinajstić information content (AvgIpc) is 2.45. The molecule has 0 bridgehead atoms. The second kappa shape index (κ2) is 4.07. The lowest BCUT2D eigenvalue weighted by Gasteiger charge is -2.33. The van der Waals surface area contributed by atoms with Crippen LogP contribution in [-0.4, -0.2) is 40.0 Å². The van der Waals surface area contributed by atoms with Crippen LogP contribution in [0.2, 0.25) is 0 Å². The smallest absolute Gasteiger partial charge is 0.224 e. The van der Waals surface area contributed by atoms with Crippen LogP contribution in [0.3, 0.4) is 0 Å². The Labute approximate surface area is 89.0 Å². The van der Waals surface area contributed by atoms with Gasteiger partial charge in [0.05, 0.1) is 11.5 Å². The second-order valence-electron chi connectivity index (χ2n) is 4.32. The molecule has 2 rings (SSSR count). The number of aliphatic hydroxyl groups is 1. The molecule has 2 fully saturated rings. The summed E-state index contributed by atoms with van der Waals surface area (Å²) >= 11 is 5.93. The number of amides is 1. The maximum Gasteiger partial charge on any atom is 0.224 e.